The second-order valence-electron chi connectivity index (χ2n) is 7.65. The highest BCUT2D eigenvalue weighted by Gasteiger charge is 2.32. The molecule has 1 heterocycles. The minimum atomic E-state index is -3.52. The van der Waals surface area contributed by atoms with Gasteiger partial charge in [-0.05, 0) is 56.4 Å². The van der Waals surface area contributed by atoms with Gasteiger partial charge in [0.1, 0.15) is 5.75 Å². The van der Waals surface area contributed by atoms with Crippen LogP contribution >= 0.6 is 0 Å². The van der Waals surface area contributed by atoms with Crippen LogP contribution in [0.15, 0.2) is 23.1 Å². The van der Waals surface area contributed by atoms with Crippen molar-refractivity contribution in [2.45, 2.75) is 62.8 Å². The van der Waals surface area contributed by atoms with E-state index < -0.39 is 10.0 Å². The maximum absolute atomic E-state index is 13.0. The van der Waals surface area contributed by atoms with Crippen LogP contribution in [0.25, 0.3) is 0 Å². The van der Waals surface area contributed by atoms with E-state index in [1.807, 2.05) is 0 Å². The van der Waals surface area contributed by atoms with Crippen LogP contribution in [0.2, 0.25) is 0 Å². The van der Waals surface area contributed by atoms with E-state index in [1.54, 1.807) is 32.2 Å². The Morgan fingerprint density at radius 1 is 1.11 bits per heavy atom. The number of amides is 1. The Bertz CT molecular complexity index is 764. The molecule has 27 heavy (non-hydrogen) atoms. The number of piperidine rings is 1. The number of nitrogens with zero attached hydrogens (tertiary/aromatic N) is 1. The maximum atomic E-state index is 13.0. The predicted molar refractivity (Wildman–Crippen MR) is 104 cm³/mol. The van der Waals surface area contributed by atoms with Crippen LogP contribution in [0.1, 0.15) is 50.5 Å². The second-order valence-corrected chi connectivity index (χ2v) is 9.56. The van der Waals surface area contributed by atoms with Gasteiger partial charge >= 0.3 is 0 Å². The third kappa shape index (κ3) is 4.63. The quantitative estimate of drug-likeness (QED) is 0.833. The van der Waals surface area contributed by atoms with Crippen molar-refractivity contribution in [3.8, 4) is 5.75 Å². The van der Waals surface area contributed by atoms with E-state index in [2.05, 4.69) is 5.32 Å². The molecule has 1 aromatic rings. The van der Waals surface area contributed by atoms with Crippen LogP contribution in [0, 0.1) is 12.8 Å². The van der Waals surface area contributed by atoms with E-state index in [-0.39, 0.29) is 17.9 Å². The van der Waals surface area contributed by atoms with E-state index in [9.17, 15) is 13.2 Å². The summed E-state index contributed by atoms with van der Waals surface area (Å²) in [7, 11) is -1.96. The SMILES string of the molecule is COc1ccc(S(=O)(=O)N2CCC(NC(=O)C3CCCCC3)CC2)c(C)c1. The molecule has 1 N–H and O–H groups in total. The molecular formula is C20H30N2O4S. The molecule has 1 aromatic carbocycles. The summed E-state index contributed by atoms with van der Waals surface area (Å²) < 4.78 is 32.7. The molecule has 1 aliphatic heterocycles. The molecule has 1 saturated carbocycles. The number of carbonyl (C=O) groups excluding carboxylic acids is 1. The molecule has 0 spiro atoms. The first kappa shape index (κ1) is 20.1. The number of aryl methyl sites for hydroxylation is 1. The van der Waals surface area contributed by atoms with Gasteiger partial charge in [-0.3, -0.25) is 4.79 Å². The predicted octanol–water partition coefficient (Wildman–Crippen LogP) is 2.85. The van der Waals surface area contributed by atoms with Crippen LogP contribution in [0.3, 0.4) is 0 Å². The Morgan fingerprint density at radius 3 is 2.37 bits per heavy atom. The average molecular weight is 395 g/mol. The van der Waals surface area contributed by atoms with E-state index in [0.29, 0.717) is 42.1 Å². The summed E-state index contributed by atoms with van der Waals surface area (Å²) in [5.74, 6) is 0.944. The van der Waals surface area contributed by atoms with Gasteiger partial charge in [0.2, 0.25) is 15.9 Å². The van der Waals surface area contributed by atoms with Gasteiger partial charge in [-0.1, -0.05) is 19.3 Å². The smallest absolute Gasteiger partial charge is 0.243 e. The lowest BCUT2D eigenvalue weighted by atomic mass is 9.88. The van der Waals surface area contributed by atoms with E-state index in [1.165, 1.54) is 10.7 Å². The van der Waals surface area contributed by atoms with Crippen molar-refractivity contribution in [1.82, 2.24) is 9.62 Å². The van der Waals surface area contributed by atoms with Crippen molar-refractivity contribution in [2.24, 2.45) is 5.92 Å². The summed E-state index contributed by atoms with van der Waals surface area (Å²) in [4.78, 5) is 12.7. The Morgan fingerprint density at radius 2 is 1.78 bits per heavy atom. The third-order valence-corrected chi connectivity index (χ3v) is 7.84. The van der Waals surface area contributed by atoms with Crippen molar-refractivity contribution in [1.29, 1.82) is 0 Å². The average Bonchev–Trinajstić information content (AvgIpc) is 2.68. The molecule has 2 fully saturated rings. The van der Waals surface area contributed by atoms with Crippen LogP contribution in [-0.2, 0) is 14.8 Å². The van der Waals surface area contributed by atoms with Gasteiger partial charge in [-0.25, -0.2) is 8.42 Å². The monoisotopic (exact) mass is 394 g/mol. The molecule has 6 nitrogen and oxygen atoms in total. The van der Waals surface area contributed by atoms with Crippen molar-refractivity contribution >= 4 is 15.9 Å². The second kappa shape index (κ2) is 8.61. The lowest BCUT2D eigenvalue weighted by Crippen LogP contribution is -2.48. The summed E-state index contributed by atoms with van der Waals surface area (Å²) in [6, 6.07) is 5.10. The molecule has 0 bridgehead atoms. The topological polar surface area (TPSA) is 75.7 Å². The number of ether oxygens (including phenoxy) is 1. The highest BCUT2D eigenvalue weighted by Crippen LogP contribution is 2.27. The summed E-state index contributed by atoms with van der Waals surface area (Å²) >= 11 is 0. The molecule has 0 unspecified atom stereocenters. The highest BCUT2D eigenvalue weighted by molar-refractivity contribution is 7.89. The Kier molecular flexibility index (Phi) is 6.42. The first-order valence-electron chi connectivity index (χ1n) is 9.87. The number of sulfonamides is 1. The fraction of sp³-hybridized carbons (Fsp3) is 0.650. The van der Waals surface area contributed by atoms with Crippen molar-refractivity contribution < 1.29 is 17.9 Å². The van der Waals surface area contributed by atoms with Gasteiger partial charge in [-0.15, -0.1) is 0 Å². The van der Waals surface area contributed by atoms with E-state index in [0.717, 1.165) is 25.7 Å². The van der Waals surface area contributed by atoms with Gasteiger partial charge in [-0.2, -0.15) is 4.31 Å². The summed E-state index contributed by atoms with van der Waals surface area (Å²) in [5.41, 5.74) is 0.682. The van der Waals surface area contributed by atoms with Gasteiger partial charge in [0.15, 0.2) is 0 Å². The minimum Gasteiger partial charge on any atom is -0.497 e. The molecule has 1 saturated heterocycles. The van der Waals surface area contributed by atoms with Crippen LogP contribution in [0.4, 0.5) is 0 Å². The van der Waals surface area contributed by atoms with E-state index in [4.69, 9.17) is 4.74 Å². The number of nitrogens with one attached hydrogen (secondary N) is 1. The fourth-order valence-corrected chi connectivity index (χ4v) is 5.78. The Hall–Kier alpha value is -1.60. The zero-order valence-corrected chi connectivity index (χ0v) is 17.1. The molecular weight excluding hydrogens is 364 g/mol. The molecule has 150 valence electrons. The highest BCUT2D eigenvalue weighted by atomic mass is 32.2. The largest absolute Gasteiger partial charge is 0.497 e. The maximum Gasteiger partial charge on any atom is 0.243 e. The summed E-state index contributed by atoms with van der Waals surface area (Å²) in [5, 5.41) is 3.15. The van der Waals surface area contributed by atoms with Crippen LogP contribution < -0.4 is 10.1 Å². The summed E-state index contributed by atoms with van der Waals surface area (Å²) in [6.45, 7) is 2.65. The minimum absolute atomic E-state index is 0.0721. The summed E-state index contributed by atoms with van der Waals surface area (Å²) in [6.07, 6.45) is 6.78. The number of methoxy groups -OCH3 is 1. The standard InChI is InChI=1S/C20H30N2O4S/c1-15-14-18(26-2)8-9-19(15)27(24,25)22-12-10-17(11-13-22)21-20(23)16-6-4-3-5-7-16/h8-9,14,16-17H,3-7,10-13H2,1-2H3,(H,21,23). The molecule has 3 rings (SSSR count). The van der Waals surface area contributed by atoms with Gasteiger partial charge < -0.3 is 10.1 Å². The zero-order valence-electron chi connectivity index (χ0n) is 16.2. The van der Waals surface area contributed by atoms with Gasteiger partial charge in [0.25, 0.3) is 0 Å². The van der Waals surface area contributed by atoms with Crippen molar-refractivity contribution in [2.75, 3.05) is 20.2 Å². The Balaban J connectivity index is 1.58. The van der Waals surface area contributed by atoms with Crippen molar-refractivity contribution in [3.63, 3.8) is 0 Å². The molecule has 2 aliphatic rings. The zero-order chi connectivity index (χ0) is 19.4. The number of hydrogen-bond acceptors (Lipinski definition) is 4. The normalized spacial score (nSPS) is 20.4. The fourth-order valence-electron chi connectivity index (χ4n) is 4.10. The number of hydrogen-bond donors (Lipinski definition) is 1. The molecule has 7 heteroatoms. The number of carbonyl (C=O) groups is 1. The Labute approximate surface area is 162 Å². The molecule has 0 radical (unpaired) electrons. The third-order valence-electron chi connectivity index (χ3n) is 5.78. The first-order chi connectivity index (χ1) is 12.9. The molecule has 0 aromatic heterocycles. The molecule has 1 aliphatic carbocycles. The number of rotatable bonds is 5. The lowest BCUT2D eigenvalue weighted by molar-refractivity contribution is -0.126. The van der Waals surface area contributed by atoms with Crippen molar-refractivity contribution in [3.05, 3.63) is 23.8 Å². The molecule has 0 atom stereocenters. The van der Waals surface area contributed by atoms with E-state index >= 15 is 0 Å². The van der Waals surface area contributed by atoms with Gasteiger partial charge in [0, 0.05) is 25.0 Å². The first-order valence-corrected chi connectivity index (χ1v) is 11.3. The lowest BCUT2D eigenvalue weighted by Gasteiger charge is -2.33. The number of benzene rings is 1. The molecule has 1 amide bonds. The van der Waals surface area contributed by atoms with Crippen LogP contribution in [0.5, 0.6) is 5.75 Å². The van der Waals surface area contributed by atoms with Crippen LogP contribution in [-0.4, -0.2) is 44.9 Å². The van der Waals surface area contributed by atoms with Gasteiger partial charge in [0.05, 0.1) is 12.0 Å².